The van der Waals surface area contributed by atoms with Gasteiger partial charge in [0.05, 0.1) is 11.4 Å². The van der Waals surface area contributed by atoms with E-state index in [2.05, 4.69) is 65.9 Å². The topological polar surface area (TPSA) is 173 Å². The van der Waals surface area contributed by atoms with E-state index < -0.39 is 0 Å². The quantitative estimate of drug-likeness (QED) is 0.171. The molecule has 5 fully saturated rings. The van der Waals surface area contributed by atoms with E-state index in [1.54, 1.807) is 12.1 Å². The molecule has 1 unspecified atom stereocenters. The van der Waals surface area contributed by atoms with Crippen molar-refractivity contribution in [2.75, 3.05) is 71.6 Å². The lowest BCUT2D eigenvalue weighted by atomic mass is 10.0. The van der Waals surface area contributed by atoms with Gasteiger partial charge in [0.2, 0.25) is 11.8 Å². The normalized spacial score (nSPS) is 22.4. The summed E-state index contributed by atoms with van der Waals surface area (Å²) in [5, 5.41) is 24.7. The van der Waals surface area contributed by atoms with Crippen LogP contribution in [0.15, 0.2) is 78.9 Å². The second-order valence-electron chi connectivity index (χ2n) is 16.8. The van der Waals surface area contributed by atoms with Gasteiger partial charge in [0.1, 0.15) is 23.6 Å². The second kappa shape index (κ2) is 16.8. The van der Waals surface area contributed by atoms with Crippen molar-refractivity contribution in [1.29, 1.82) is 0 Å². The standard InChI is InChI=1S/C45H54N10O5/c1-51(39-14-15-42(57)48-44(39)58)30-6-4-7-31(24-30)52-20-16-29(17-21-52)47-45(59)53-22-18-35(19-23-53)60-36-9-5-8-32(25-36)55-33-12-13-34(55)28-54(27-33)40-26-38(49-50-43(40)46)37-10-2-3-11-41(37)56/h2-11,24-26,29,33-35,39,56H,12-23,27-28H2,1H3,(H2,46,50)(H,47,59)(H,48,57,58)/t33-,34+,39?. The first-order valence-electron chi connectivity index (χ1n) is 21.4. The Labute approximate surface area is 350 Å². The van der Waals surface area contributed by atoms with Crippen LogP contribution < -0.4 is 40.7 Å². The van der Waals surface area contributed by atoms with Crippen LogP contribution in [0.5, 0.6) is 11.5 Å². The van der Waals surface area contributed by atoms with Gasteiger partial charge in [-0.05, 0) is 80.6 Å². The number of urea groups is 1. The molecule has 0 aliphatic carbocycles. The number of rotatable bonds is 9. The van der Waals surface area contributed by atoms with Gasteiger partial charge in [0.25, 0.3) is 0 Å². The van der Waals surface area contributed by atoms with Crippen LogP contribution in [-0.2, 0) is 9.59 Å². The Balaban J connectivity index is 0.741. The van der Waals surface area contributed by atoms with Crippen molar-refractivity contribution in [3.05, 3.63) is 78.9 Å². The average Bonchev–Trinajstić information content (AvgIpc) is 3.53. The SMILES string of the molecule is CN(c1cccc(N2CCC(NC(=O)N3CCC(Oc4cccc(N5[C@@H]6CC[C@H]5CN(c5cc(-c7ccccc7O)nnc5N)C6)c4)CC3)CC2)c1)C1CCC(=O)NC1=O. The number of para-hydroxylation sites is 1. The van der Waals surface area contributed by atoms with Gasteiger partial charge in [-0.1, -0.05) is 24.3 Å². The molecule has 6 heterocycles. The summed E-state index contributed by atoms with van der Waals surface area (Å²) in [7, 11) is 1.90. The van der Waals surface area contributed by atoms with Crippen LogP contribution in [0.1, 0.15) is 51.4 Å². The zero-order valence-electron chi connectivity index (χ0n) is 34.1. The summed E-state index contributed by atoms with van der Waals surface area (Å²) in [6.45, 7) is 4.54. The molecule has 0 radical (unpaired) electrons. The van der Waals surface area contributed by atoms with Crippen molar-refractivity contribution in [3.63, 3.8) is 0 Å². The van der Waals surface area contributed by atoms with Gasteiger partial charge < -0.3 is 45.4 Å². The Kier molecular flexibility index (Phi) is 11.0. The maximum absolute atomic E-state index is 13.4. The molecule has 3 aromatic carbocycles. The average molecular weight is 815 g/mol. The largest absolute Gasteiger partial charge is 0.507 e. The van der Waals surface area contributed by atoms with Crippen molar-refractivity contribution in [1.82, 2.24) is 25.7 Å². The lowest BCUT2D eigenvalue weighted by Crippen LogP contribution is -2.54. The summed E-state index contributed by atoms with van der Waals surface area (Å²) in [5.74, 6) is 0.941. The number of ether oxygens (including phenoxy) is 1. The van der Waals surface area contributed by atoms with Crippen LogP contribution in [0.2, 0.25) is 0 Å². The molecule has 5 N–H and O–H groups in total. The van der Waals surface area contributed by atoms with E-state index in [1.165, 1.54) is 0 Å². The van der Waals surface area contributed by atoms with E-state index in [4.69, 9.17) is 10.5 Å². The Hall–Kier alpha value is -6.25. The van der Waals surface area contributed by atoms with Crippen molar-refractivity contribution in [3.8, 4) is 22.8 Å². The lowest BCUT2D eigenvalue weighted by molar-refractivity contribution is -0.134. The van der Waals surface area contributed by atoms with Crippen LogP contribution in [-0.4, -0.2) is 115 Å². The Morgan fingerprint density at radius 3 is 2.32 bits per heavy atom. The molecular weight excluding hydrogens is 761 g/mol. The summed E-state index contributed by atoms with van der Waals surface area (Å²) in [6, 6.07) is 26.1. The number of aromatic nitrogens is 2. The number of nitrogens with one attached hydrogen (secondary N) is 2. The predicted molar refractivity (Wildman–Crippen MR) is 231 cm³/mol. The number of aromatic hydroxyl groups is 1. The number of amides is 4. The highest BCUT2D eigenvalue weighted by Gasteiger charge is 2.41. The summed E-state index contributed by atoms with van der Waals surface area (Å²) in [5.41, 5.74) is 11.6. The van der Waals surface area contributed by atoms with E-state index in [9.17, 15) is 19.5 Å². The summed E-state index contributed by atoms with van der Waals surface area (Å²) in [4.78, 5) is 48.5. The highest BCUT2D eigenvalue weighted by molar-refractivity contribution is 6.01. The number of nitrogens with two attached hydrogens (primary N) is 1. The molecule has 2 bridgehead atoms. The minimum Gasteiger partial charge on any atom is -0.507 e. The van der Waals surface area contributed by atoms with Crippen LogP contribution in [0.25, 0.3) is 11.3 Å². The maximum atomic E-state index is 13.4. The molecule has 60 heavy (non-hydrogen) atoms. The number of likely N-dealkylation sites (tertiary alicyclic amines) is 1. The summed E-state index contributed by atoms with van der Waals surface area (Å²) in [6.07, 6.45) is 6.28. The van der Waals surface area contributed by atoms with Gasteiger partial charge in [-0.15, -0.1) is 10.2 Å². The molecule has 0 spiro atoms. The molecule has 4 aromatic rings. The number of phenolic OH excluding ortho intramolecular Hbond substituents is 1. The number of phenols is 1. The van der Waals surface area contributed by atoms with Crippen molar-refractivity contribution in [2.45, 2.75) is 81.6 Å². The van der Waals surface area contributed by atoms with Gasteiger partial charge in [-0.3, -0.25) is 14.9 Å². The van der Waals surface area contributed by atoms with Crippen molar-refractivity contribution < 1.29 is 24.2 Å². The van der Waals surface area contributed by atoms with Gasteiger partial charge in [-0.2, -0.15) is 0 Å². The van der Waals surface area contributed by atoms with E-state index in [0.717, 1.165) is 93.2 Å². The first-order valence-corrected chi connectivity index (χ1v) is 21.4. The second-order valence-corrected chi connectivity index (χ2v) is 16.8. The zero-order valence-corrected chi connectivity index (χ0v) is 34.1. The van der Waals surface area contributed by atoms with Crippen LogP contribution in [0.3, 0.4) is 0 Å². The minimum atomic E-state index is -0.373. The fraction of sp³-hybridized carbons (Fsp3) is 0.444. The lowest BCUT2D eigenvalue weighted by Gasteiger charge is -2.43. The molecule has 3 atom stereocenters. The molecule has 5 saturated heterocycles. The molecule has 9 rings (SSSR count). The number of nitrogens with zero attached hydrogens (tertiary/aromatic N) is 7. The molecule has 15 heteroatoms. The number of piperidine rings is 3. The number of piperazine rings is 1. The van der Waals surface area contributed by atoms with E-state index in [0.29, 0.717) is 55.1 Å². The molecule has 314 valence electrons. The van der Waals surface area contributed by atoms with Crippen molar-refractivity contribution >= 4 is 46.4 Å². The molecule has 5 aliphatic rings. The Bertz CT molecular complexity index is 2210. The van der Waals surface area contributed by atoms with Gasteiger partial charge in [-0.25, -0.2) is 4.79 Å². The first-order chi connectivity index (χ1) is 29.2. The Morgan fingerprint density at radius 2 is 1.57 bits per heavy atom. The number of hydrogen-bond donors (Lipinski definition) is 4. The number of nitrogen functional groups attached to an aromatic ring is 1. The fourth-order valence-electron chi connectivity index (χ4n) is 9.76. The molecule has 5 aliphatic heterocycles. The van der Waals surface area contributed by atoms with Crippen LogP contribution >= 0.6 is 0 Å². The smallest absolute Gasteiger partial charge is 0.317 e. The zero-order chi connectivity index (χ0) is 41.3. The third-order valence-corrected chi connectivity index (χ3v) is 13.1. The number of benzene rings is 3. The van der Waals surface area contributed by atoms with Crippen LogP contribution in [0, 0.1) is 0 Å². The summed E-state index contributed by atoms with van der Waals surface area (Å²) < 4.78 is 6.56. The minimum absolute atomic E-state index is 0.00452. The molecule has 0 saturated carbocycles. The third kappa shape index (κ3) is 8.17. The maximum Gasteiger partial charge on any atom is 0.317 e. The van der Waals surface area contributed by atoms with Crippen molar-refractivity contribution in [2.24, 2.45) is 0 Å². The number of carbonyl (C=O) groups excluding carboxylic acids is 3. The monoisotopic (exact) mass is 814 g/mol. The number of carbonyl (C=O) groups is 3. The molecule has 1 aromatic heterocycles. The number of likely N-dealkylation sites (N-methyl/N-ethyl adjacent to an activating group) is 1. The third-order valence-electron chi connectivity index (χ3n) is 13.1. The van der Waals surface area contributed by atoms with Gasteiger partial charge >= 0.3 is 6.03 Å². The van der Waals surface area contributed by atoms with E-state index in [-0.39, 0.29) is 41.8 Å². The number of anilines is 5. The molecule has 4 amide bonds. The number of fused-ring (bicyclic) bond motifs is 2. The highest BCUT2D eigenvalue weighted by atomic mass is 16.5. The summed E-state index contributed by atoms with van der Waals surface area (Å²) >= 11 is 0. The predicted octanol–water partition coefficient (Wildman–Crippen LogP) is 4.75. The van der Waals surface area contributed by atoms with E-state index in [1.807, 2.05) is 53.2 Å². The fourth-order valence-corrected chi connectivity index (χ4v) is 9.76. The number of imide groups is 1. The number of hydrogen-bond acceptors (Lipinski definition) is 12. The molecular formula is C45H54N10O5. The van der Waals surface area contributed by atoms with Gasteiger partial charge in [0.15, 0.2) is 5.82 Å². The Morgan fingerprint density at radius 1 is 0.833 bits per heavy atom. The van der Waals surface area contributed by atoms with E-state index >= 15 is 0 Å². The highest BCUT2D eigenvalue weighted by Crippen LogP contribution is 2.40. The van der Waals surface area contributed by atoms with Crippen LogP contribution in [0.4, 0.5) is 33.4 Å². The molecule has 15 nitrogen and oxygen atoms in total. The van der Waals surface area contributed by atoms with Gasteiger partial charge in [0, 0.05) is 112 Å². The first kappa shape index (κ1) is 39.2.